The van der Waals surface area contributed by atoms with Crippen LogP contribution in [0.3, 0.4) is 0 Å². The number of hydrogen-bond acceptors (Lipinski definition) is 3. The molecule has 0 aromatic carbocycles. The lowest BCUT2D eigenvalue weighted by Crippen LogP contribution is -2.35. The highest BCUT2D eigenvalue weighted by Gasteiger charge is 2.31. The number of aliphatic hydroxyl groups excluding tert-OH is 1. The van der Waals surface area contributed by atoms with Gasteiger partial charge in [-0.2, -0.15) is 0 Å². The highest BCUT2D eigenvalue weighted by molar-refractivity contribution is 7.12. The number of nitrogens with zero attached hydrogens (tertiary/aromatic N) is 1. The number of aryl methyl sites for hydroxylation is 2. The summed E-state index contributed by atoms with van der Waals surface area (Å²) in [7, 11) is 1.76. The van der Waals surface area contributed by atoms with Gasteiger partial charge < -0.3 is 10.0 Å². The summed E-state index contributed by atoms with van der Waals surface area (Å²) in [5, 5.41) is 9.84. The normalized spacial score (nSPS) is 16.9. The number of carbonyl (C=O) groups is 1. The van der Waals surface area contributed by atoms with E-state index >= 15 is 0 Å². The van der Waals surface area contributed by atoms with Gasteiger partial charge in [-0.3, -0.25) is 4.79 Å². The lowest BCUT2D eigenvalue weighted by atomic mass is 10.2. The molecule has 1 aromatic rings. The molecule has 2 rings (SSSR count). The van der Waals surface area contributed by atoms with Crippen molar-refractivity contribution in [3.05, 3.63) is 21.4 Å². The van der Waals surface area contributed by atoms with Crippen molar-refractivity contribution >= 4 is 17.2 Å². The number of likely N-dealkylation sites (N-methyl/N-ethyl adjacent to an activating group) is 1. The van der Waals surface area contributed by atoms with Gasteiger partial charge in [-0.25, -0.2) is 0 Å². The van der Waals surface area contributed by atoms with E-state index in [-0.39, 0.29) is 12.0 Å². The smallest absolute Gasteiger partial charge is 0.254 e. The Labute approximate surface area is 106 Å². The van der Waals surface area contributed by atoms with E-state index in [1.54, 1.807) is 23.3 Å². The van der Waals surface area contributed by atoms with Crippen LogP contribution in [0.15, 0.2) is 6.07 Å². The van der Waals surface area contributed by atoms with Crippen molar-refractivity contribution in [3.63, 3.8) is 0 Å². The van der Waals surface area contributed by atoms with E-state index in [0.29, 0.717) is 12.5 Å². The van der Waals surface area contributed by atoms with Gasteiger partial charge in [-0.1, -0.05) is 0 Å². The van der Waals surface area contributed by atoms with Gasteiger partial charge in [0.2, 0.25) is 0 Å². The molecule has 1 atom stereocenters. The van der Waals surface area contributed by atoms with Crippen LogP contribution in [0.2, 0.25) is 0 Å². The SMILES string of the molecule is Cc1cc(C(=O)N(C)CC(O)C2CC2)c(C)s1. The molecule has 0 saturated heterocycles. The number of amides is 1. The Morgan fingerprint density at radius 1 is 1.59 bits per heavy atom. The molecule has 0 bridgehead atoms. The Bertz CT molecular complexity index is 423. The molecular weight excluding hydrogens is 234 g/mol. The minimum atomic E-state index is -0.357. The maximum atomic E-state index is 12.2. The van der Waals surface area contributed by atoms with Crippen LogP contribution in [0, 0.1) is 19.8 Å². The second-order valence-electron chi connectivity index (χ2n) is 4.92. The van der Waals surface area contributed by atoms with E-state index in [4.69, 9.17) is 0 Å². The van der Waals surface area contributed by atoms with Crippen molar-refractivity contribution in [3.8, 4) is 0 Å². The van der Waals surface area contributed by atoms with E-state index in [1.165, 1.54) is 0 Å². The molecule has 0 radical (unpaired) electrons. The minimum Gasteiger partial charge on any atom is -0.391 e. The fourth-order valence-corrected chi connectivity index (χ4v) is 2.96. The van der Waals surface area contributed by atoms with Gasteiger partial charge in [0.25, 0.3) is 5.91 Å². The first-order valence-electron chi connectivity index (χ1n) is 5.99. The summed E-state index contributed by atoms with van der Waals surface area (Å²) in [6, 6.07) is 1.93. The summed E-state index contributed by atoms with van der Waals surface area (Å²) >= 11 is 1.64. The highest BCUT2D eigenvalue weighted by atomic mass is 32.1. The van der Waals surface area contributed by atoms with Gasteiger partial charge in [0.05, 0.1) is 11.7 Å². The van der Waals surface area contributed by atoms with E-state index < -0.39 is 0 Å². The maximum Gasteiger partial charge on any atom is 0.254 e. The minimum absolute atomic E-state index is 0.0200. The number of rotatable bonds is 4. The standard InChI is InChI=1S/C13H19NO2S/c1-8-6-11(9(2)17-8)13(16)14(3)7-12(15)10-4-5-10/h6,10,12,15H,4-5,7H2,1-3H3. The van der Waals surface area contributed by atoms with Gasteiger partial charge in [0, 0.05) is 23.3 Å². The average Bonchev–Trinajstić information content (AvgIpc) is 3.04. The summed E-state index contributed by atoms with van der Waals surface area (Å²) in [5.41, 5.74) is 0.776. The molecule has 1 aliphatic rings. The van der Waals surface area contributed by atoms with Crippen LogP contribution in [-0.4, -0.2) is 35.6 Å². The first-order chi connectivity index (χ1) is 7.99. The van der Waals surface area contributed by atoms with Crippen LogP contribution in [0.5, 0.6) is 0 Å². The average molecular weight is 253 g/mol. The molecule has 3 nitrogen and oxygen atoms in total. The van der Waals surface area contributed by atoms with Crippen molar-refractivity contribution < 1.29 is 9.90 Å². The lowest BCUT2D eigenvalue weighted by molar-refractivity contribution is 0.0645. The van der Waals surface area contributed by atoms with Crippen LogP contribution in [0.1, 0.15) is 33.0 Å². The molecule has 0 spiro atoms. The van der Waals surface area contributed by atoms with Crippen LogP contribution >= 0.6 is 11.3 Å². The molecule has 0 aliphatic heterocycles. The third-order valence-electron chi connectivity index (χ3n) is 3.25. The predicted molar refractivity (Wildman–Crippen MR) is 69.5 cm³/mol. The summed E-state index contributed by atoms with van der Waals surface area (Å²) < 4.78 is 0. The largest absolute Gasteiger partial charge is 0.391 e. The van der Waals surface area contributed by atoms with E-state index in [9.17, 15) is 9.90 Å². The van der Waals surface area contributed by atoms with Crippen LogP contribution < -0.4 is 0 Å². The number of carbonyl (C=O) groups excluding carboxylic acids is 1. The summed E-state index contributed by atoms with van der Waals surface area (Å²) in [5.74, 6) is 0.433. The Balaban J connectivity index is 2.01. The Kier molecular flexibility index (Phi) is 3.54. The molecule has 1 fully saturated rings. The molecular formula is C13H19NO2S. The maximum absolute atomic E-state index is 12.2. The molecule has 1 N–H and O–H groups in total. The van der Waals surface area contributed by atoms with Crippen molar-refractivity contribution in [2.24, 2.45) is 5.92 Å². The van der Waals surface area contributed by atoms with Crippen LogP contribution in [0.25, 0.3) is 0 Å². The fourth-order valence-electron chi connectivity index (χ4n) is 2.04. The molecule has 1 heterocycles. The van der Waals surface area contributed by atoms with E-state index in [1.807, 2.05) is 19.9 Å². The Morgan fingerprint density at radius 2 is 2.24 bits per heavy atom. The summed E-state index contributed by atoms with van der Waals surface area (Å²) in [6.45, 7) is 4.42. The van der Waals surface area contributed by atoms with Crippen molar-refractivity contribution in [2.75, 3.05) is 13.6 Å². The third kappa shape index (κ3) is 2.87. The molecule has 1 aliphatic carbocycles. The quantitative estimate of drug-likeness (QED) is 0.893. The molecule has 17 heavy (non-hydrogen) atoms. The van der Waals surface area contributed by atoms with Gasteiger partial charge in [-0.05, 0) is 38.7 Å². The van der Waals surface area contributed by atoms with E-state index in [2.05, 4.69) is 0 Å². The molecule has 1 aromatic heterocycles. The Hall–Kier alpha value is -0.870. The zero-order valence-corrected chi connectivity index (χ0v) is 11.4. The lowest BCUT2D eigenvalue weighted by Gasteiger charge is -2.20. The Morgan fingerprint density at radius 3 is 2.71 bits per heavy atom. The summed E-state index contributed by atoms with van der Waals surface area (Å²) in [4.78, 5) is 16.0. The monoisotopic (exact) mass is 253 g/mol. The molecule has 1 unspecified atom stereocenters. The molecule has 94 valence electrons. The number of hydrogen-bond donors (Lipinski definition) is 1. The molecule has 1 amide bonds. The zero-order valence-electron chi connectivity index (χ0n) is 10.6. The number of thiophene rings is 1. The van der Waals surface area contributed by atoms with Crippen molar-refractivity contribution in [1.82, 2.24) is 4.90 Å². The van der Waals surface area contributed by atoms with Gasteiger partial charge >= 0.3 is 0 Å². The predicted octanol–water partition coefficient (Wildman–Crippen LogP) is 2.21. The van der Waals surface area contributed by atoms with Crippen molar-refractivity contribution in [1.29, 1.82) is 0 Å². The van der Waals surface area contributed by atoms with Gasteiger partial charge in [0.1, 0.15) is 0 Å². The summed E-state index contributed by atoms with van der Waals surface area (Å²) in [6.07, 6.45) is 1.84. The van der Waals surface area contributed by atoms with Crippen LogP contribution in [0.4, 0.5) is 0 Å². The van der Waals surface area contributed by atoms with Crippen LogP contribution in [-0.2, 0) is 0 Å². The van der Waals surface area contributed by atoms with Gasteiger partial charge in [0.15, 0.2) is 0 Å². The van der Waals surface area contributed by atoms with Crippen molar-refractivity contribution in [2.45, 2.75) is 32.8 Å². The second-order valence-corrected chi connectivity index (χ2v) is 6.38. The molecule has 4 heteroatoms. The topological polar surface area (TPSA) is 40.5 Å². The number of aliphatic hydroxyl groups is 1. The van der Waals surface area contributed by atoms with Gasteiger partial charge in [-0.15, -0.1) is 11.3 Å². The third-order valence-corrected chi connectivity index (χ3v) is 4.21. The first-order valence-corrected chi connectivity index (χ1v) is 6.81. The zero-order chi connectivity index (χ0) is 12.6. The molecule has 1 saturated carbocycles. The second kappa shape index (κ2) is 4.78. The highest BCUT2D eigenvalue weighted by Crippen LogP contribution is 2.33. The fraction of sp³-hybridized carbons (Fsp3) is 0.615. The van der Waals surface area contributed by atoms with E-state index in [0.717, 1.165) is 28.2 Å². The first kappa shape index (κ1) is 12.6.